The Balaban J connectivity index is 2.27. The summed E-state index contributed by atoms with van der Waals surface area (Å²) >= 11 is 1.41. The number of allylic oxidation sites excluding steroid dienone is 1. The molecule has 0 aliphatic heterocycles. The molecule has 7 heteroatoms. The van der Waals surface area contributed by atoms with Crippen LogP contribution in [0, 0.1) is 0 Å². The third-order valence-electron chi connectivity index (χ3n) is 3.07. The van der Waals surface area contributed by atoms with Gasteiger partial charge in [-0.2, -0.15) is 0 Å². The molecule has 0 saturated carbocycles. The summed E-state index contributed by atoms with van der Waals surface area (Å²) < 4.78 is 5.11. The van der Waals surface area contributed by atoms with Gasteiger partial charge in [0.15, 0.2) is 11.5 Å². The number of rotatable bonds is 11. The Morgan fingerprint density at radius 1 is 1.52 bits per heavy atom. The molecule has 1 aromatic rings. The SMILES string of the molecule is C=C(S/C=C\C)c1cc(C(=O)NCCCCCC(O)CO)no1. The summed E-state index contributed by atoms with van der Waals surface area (Å²) in [6.45, 7) is 6.09. The number of unbranched alkanes of at least 4 members (excludes halogenated alkanes) is 2. The fraction of sp³-hybridized carbons (Fsp3) is 0.500. The highest BCUT2D eigenvalue weighted by molar-refractivity contribution is 8.10. The van der Waals surface area contributed by atoms with Crippen molar-refractivity contribution in [1.29, 1.82) is 0 Å². The molecule has 0 bridgehead atoms. The maximum atomic E-state index is 11.9. The second-order valence-electron chi connectivity index (χ2n) is 5.03. The maximum Gasteiger partial charge on any atom is 0.273 e. The summed E-state index contributed by atoms with van der Waals surface area (Å²) in [5, 5.41) is 26.3. The number of amides is 1. The average molecular weight is 340 g/mol. The van der Waals surface area contributed by atoms with Crippen LogP contribution in [0.1, 0.15) is 48.9 Å². The van der Waals surface area contributed by atoms with E-state index in [-0.39, 0.29) is 18.2 Å². The van der Waals surface area contributed by atoms with Crippen LogP contribution in [0.15, 0.2) is 28.7 Å². The van der Waals surface area contributed by atoms with Crippen molar-refractivity contribution in [2.24, 2.45) is 0 Å². The van der Waals surface area contributed by atoms with E-state index in [2.05, 4.69) is 17.1 Å². The van der Waals surface area contributed by atoms with E-state index in [9.17, 15) is 9.90 Å². The quantitative estimate of drug-likeness (QED) is 0.536. The molecule has 23 heavy (non-hydrogen) atoms. The van der Waals surface area contributed by atoms with E-state index in [1.54, 1.807) is 6.07 Å². The minimum Gasteiger partial charge on any atom is -0.394 e. The Hall–Kier alpha value is -1.57. The first-order valence-electron chi connectivity index (χ1n) is 7.59. The van der Waals surface area contributed by atoms with Crippen LogP contribution in [0.4, 0.5) is 0 Å². The minimum atomic E-state index is -0.647. The number of hydrogen-bond donors (Lipinski definition) is 3. The van der Waals surface area contributed by atoms with Gasteiger partial charge in [0, 0.05) is 12.6 Å². The number of aromatic nitrogens is 1. The lowest BCUT2D eigenvalue weighted by Crippen LogP contribution is -2.24. The Morgan fingerprint density at radius 2 is 2.30 bits per heavy atom. The zero-order valence-corrected chi connectivity index (χ0v) is 14.1. The van der Waals surface area contributed by atoms with Gasteiger partial charge in [0.1, 0.15) is 0 Å². The van der Waals surface area contributed by atoms with Gasteiger partial charge in [-0.05, 0) is 25.2 Å². The number of nitrogens with zero attached hydrogens (tertiary/aromatic N) is 1. The summed E-state index contributed by atoms with van der Waals surface area (Å²) in [7, 11) is 0. The molecule has 1 atom stereocenters. The molecule has 1 amide bonds. The van der Waals surface area contributed by atoms with Gasteiger partial charge in [0.25, 0.3) is 5.91 Å². The van der Waals surface area contributed by atoms with Crippen molar-refractivity contribution in [2.75, 3.05) is 13.2 Å². The third-order valence-corrected chi connectivity index (χ3v) is 3.97. The van der Waals surface area contributed by atoms with E-state index in [0.29, 0.717) is 23.6 Å². The number of carbonyl (C=O) groups is 1. The highest BCUT2D eigenvalue weighted by Gasteiger charge is 2.13. The molecule has 0 spiro atoms. The molecule has 1 aromatic heterocycles. The molecular formula is C16H24N2O4S. The van der Waals surface area contributed by atoms with Gasteiger partial charge in [0.2, 0.25) is 0 Å². The number of thioether (sulfide) groups is 1. The van der Waals surface area contributed by atoms with Crippen molar-refractivity contribution in [3.8, 4) is 0 Å². The second kappa shape index (κ2) is 11.0. The van der Waals surface area contributed by atoms with Crippen molar-refractivity contribution in [2.45, 2.75) is 38.7 Å². The lowest BCUT2D eigenvalue weighted by molar-refractivity contribution is 0.0858. The van der Waals surface area contributed by atoms with E-state index in [1.807, 2.05) is 18.4 Å². The second-order valence-corrected chi connectivity index (χ2v) is 6.03. The number of aliphatic hydroxyl groups excluding tert-OH is 2. The molecule has 0 saturated heterocycles. The van der Waals surface area contributed by atoms with Crippen LogP contribution < -0.4 is 5.32 Å². The van der Waals surface area contributed by atoms with E-state index < -0.39 is 6.10 Å². The fourth-order valence-corrected chi connectivity index (χ4v) is 2.30. The first-order chi connectivity index (χ1) is 11.1. The molecule has 128 valence electrons. The lowest BCUT2D eigenvalue weighted by Gasteiger charge is -2.06. The zero-order valence-electron chi connectivity index (χ0n) is 13.3. The molecular weight excluding hydrogens is 316 g/mol. The number of nitrogens with one attached hydrogen (secondary N) is 1. The molecule has 6 nitrogen and oxygen atoms in total. The molecule has 1 rings (SSSR count). The molecule has 0 fully saturated rings. The van der Waals surface area contributed by atoms with Crippen molar-refractivity contribution in [1.82, 2.24) is 10.5 Å². The van der Waals surface area contributed by atoms with Crippen LogP contribution in [0.25, 0.3) is 4.91 Å². The van der Waals surface area contributed by atoms with E-state index >= 15 is 0 Å². The minimum absolute atomic E-state index is 0.206. The maximum absolute atomic E-state index is 11.9. The first kappa shape index (κ1) is 19.5. The smallest absolute Gasteiger partial charge is 0.273 e. The van der Waals surface area contributed by atoms with Crippen molar-refractivity contribution in [3.63, 3.8) is 0 Å². The van der Waals surface area contributed by atoms with E-state index in [4.69, 9.17) is 9.63 Å². The summed E-state index contributed by atoms with van der Waals surface area (Å²) in [5.41, 5.74) is 0.234. The Bertz CT molecular complexity index is 528. The largest absolute Gasteiger partial charge is 0.394 e. The van der Waals surface area contributed by atoms with Gasteiger partial charge in [-0.25, -0.2) is 0 Å². The summed E-state index contributed by atoms with van der Waals surface area (Å²) in [4.78, 5) is 12.6. The zero-order chi connectivity index (χ0) is 17.1. The van der Waals surface area contributed by atoms with Crippen LogP contribution >= 0.6 is 11.8 Å². The van der Waals surface area contributed by atoms with Crippen LogP contribution in [-0.2, 0) is 0 Å². The number of aliphatic hydroxyl groups is 2. The van der Waals surface area contributed by atoms with Gasteiger partial charge in [-0.1, -0.05) is 42.4 Å². The molecule has 0 aliphatic carbocycles. The summed E-state index contributed by atoms with van der Waals surface area (Å²) in [5.74, 6) is 0.204. The highest BCUT2D eigenvalue weighted by Crippen LogP contribution is 2.26. The van der Waals surface area contributed by atoms with Crippen LogP contribution in [-0.4, -0.2) is 40.5 Å². The van der Waals surface area contributed by atoms with Gasteiger partial charge < -0.3 is 20.1 Å². The van der Waals surface area contributed by atoms with Crippen molar-refractivity contribution in [3.05, 3.63) is 35.6 Å². The Morgan fingerprint density at radius 3 is 3.00 bits per heavy atom. The number of hydrogen-bond acceptors (Lipinski definition) is 6. The summed E-state index contributed by atoms with van der Waals surface area (Å²) in [6, 6.07) is 1.58. The molecule has 3 N–H and O–H groups in total. The normalized spacial score (nSPS) is 12.5. The van der Waals surface area contributed by atoms with Crippen LogP contribution in [0.5, 0.6) is 0 Å². The summed E-state index contributed by atoms with van der Waals surface area (Å²) in [6.07, 6.45) is 4.30. The van der Waals surface area contributed by atoms with Gasteiger partial charge in [-0.15, -0.1) is 0 Å². The topological polar surface area (TPSA) is 95.6 Å². The third kappa shape index (κ3) is 7.49. The fourth-order valence-electron chi connectivity index (χ4n) is 1.79. The van der Waals surface area contributed by atoms with Gasteiger partial charge in [0.05, 0.1) is 17.6 Å². The predicted molar refractivity (Wildman–Crippen MR) is 91.8 cm³/mol. The highest BCUT2D eigenvalue weighted by atomic mass is 32.2. The molecule has 0 aliphatic rings. The Labute approximate surface area is 140 Å². The predicted octanol–water partition coefficient (Wildman–Crippen LogP) is 2.56. The Kier molecular flexibility index (Phi) is 9.35. The monoisotopic (exact) mass is 340 g/mol. The number of carbonyl (C=O) groups excluding carboxylic acids is 1. The molecule has 0 radical (unpaired) electrons. The average Bonchev–Trinajstić information content (AvgIpc) is 3.05. The molecule has 1 unspecified atom stereocenters. The van der Waals surface area contributed by atoms with Crippen molar-refractivity contribution < 1.29 is 19.5 Å². The van der Waals surface area contributed by atoms with Crippen LogP contribution in [0.3, 0.4) is 0 Å². The van der Waals surface area contributed by atoms with Crippen molar-refractivity contribution >= 4 is 22.6 Å². The van der Waals surface area contributed by atoms with Gasteiger partial charge in [-0.3, -0.25) is 4.79 Å². The van der Waals surface area contributed by atoms with E-state index in [1.165, 1.54) is 11.8 Å². The van der Waals surface area contributed by atoms with Crippen LogP contribution in [0.2, 0.25) is 0 Å². The van der Waals surface area contributed by atoms with Gasteiger partial charge >= 0.3 is 0 Å². The standard InChI is InChI=1S/C16H24N2O4S/c1-3-9-23-12(2)15-10-14(18-22-15)16(21)17-8-6-4-5-7-13(20)11-19/h3,9-10,13,19-20H,2,4-8,11H2,1H3,(H,17,21)/b9-3-. The molecule has 1 heterocycles. The first-order valence-corrected chi connectivity index (χ1v) is 8.47. The lowest BCUT2D eigenvalue weighted by atomic mass is 10.1. The van der Waals surface area contributed by atoms with E-state index in [0.717, 1.165) is 19.3 Å². The molecule has 0 aromatic carbocycles.